The van der Waals surface area contributed by atoms with Crippen molar-refractivity contribution in [1.29, 1.82) is 0 Å². The number of aromatic nitrogens is 3. The van der Waals surface area contributed by atoms with Crippen molar-refractivity contribution < 1.29 is 4.74 Å². The zero-order valence-corrected chi connectivity index (χ0v) is 11.8. The van der Waals surface area contributed by atoms with Gasteiger partial charge in [0.15, 0.2) is 0 Å². The Bertz CT molecular complexity index is 525. The van der Waals surface area contributed by atoms with Crippen LogP contribution in [0.3, 0.4) is 0 Å². The Balaban J connectivity index is 1.96. The Labute approximate surface area is 113 Å². The average molecular weight is 260 g/mol. The van der Waals surface area contributed by atoms with Crippen molar-refractivity contribution in [2.45, 2.75) is 32.9 Å². The van der Waals surface area contributed by atoms with Crippen molar-refractivity contribution in [3.8, 4) is 5.75 Å². The first kappa shape index (κ1) is 13.4. The topological polar surface area (TPSA) is 52.0 Å². The van der Waals surface area contributed by atoms with Gasteiger partial charge in [-0.1, -0.05) is 5.21 Å². The normalized spacial score (nSPS) is 11.4. The number of hydrogen-bond acceptors (Lipinski definition) is 4. The molecule has 2 rings (SSSR count). The van der Waals surface area contributed by atoms with Crippen LogP contribution in [0.2, 0.25) is 0 Å². The summed E-state index contributed by atoms with van der Waals surface area (Å²) in [6.45, 7) is 6.95. The molecule has 0 spiro atoms. The third-order valence-electron chi connectivity index (χ3n) is 2.79. The van der Waals surface area contributed by atoms with Gasteiger partial charge in [0, 0.05) is 5.69 Å². The van der Waals surface area contributed by atoms with E-state index in [2.05, 4.69) is 36.4 Å². The zero-order valence-electron chi connectivity index (χ0n) is 11.8. The number of methoxy groups -OCH3 is 1. The molecule has 0 aliphatic carbocycles. The average Bonchev–Trinajstić information content (AvgIpc) is 2.86. The molecule has 0 radical (unpaired) electrons. The molecule has 19 heavy (non-hydrogen) atoms. The second kappa shape index (κ2) is 5.30. The maximum Gasteiger partial charge on any atom is 0.119 e. The Kier molecular flexibility index (Phi) is 3.74. The van der Waals surface area contributed by atoms with Crippen LogP contribution in [0.4, 0.5) is 5.69 Å². The van der Waals surface area contributed by atoms with E-state index in [4.69, 9.17) is 4.74 Å². The number of nitrogens with one attached hydrogen (secondary N) is 1. The lowest BCUT2D eigenvalue weighted by Gasteiger charge is -2.17. The van der Waals surface area contributed by atoms with Gasteiger partial charge in [-0.3, -0.25) is 0 Å². The van der Waals surface area contributed by atoms with Gasteiger partial charge < -0.3 is 10.1 Å². The highest BCUT2D eigenvalue weighted by atomic mass is 16.5. The molecule has 1 heterocycles. The highest BCUT2D eigenvalue weighted by Crippen LogP contribution is 2.16. The second-order valence-corrected chi connectivity index (χ2v) is 5.41. The van der Waals surface area contributed by atoms with Crippen LogP contribution in [0.15, 0.2) is 30.5 Å². The first-order chi connectivity index (χ1) is 8.99. The molecular weight excluding hydrogens is 240 g/mol. The van der Waals surface area contributed by atoms with Crippen molar-refractivity contribution in [1.82, 2.24) is 15.0 Å². The summed E-state index contributed by atoms with van der Waals surface area (Å²) in [7, 11) is 1.66. The molecule has 5 nitrogen and oxygen atoms in total. The summed E-state index contributed by atoms with van der Waals surface area (Å²) in [5.74, 6) is 0.851. The van der Waals surface area contributed by atoms with E-state index in [1.807, 2.05) is 35.1 Å². The first-order valence-corrected chi connectivity index (χ1v) is 6.28. The summed E-state index contributed by atoms with van der Waals surface area (Å²) in [6, 6.07) is 7.81. The Morgan fingerprint density at radius 3 is 2.42 bits per heavy atom. The number of rotatable bonds is 4. The van der Waals surface area contributed by atoms with Gasteiger partial charge in [0.05, 0.1) is 25.4 Å². The van der Waals surface area contributed by atoms with Crippen LogP contribution >= 0.6 is 0 Å². The van der Waals surface area contributed by atoms with Gasteiger partial charge in [-0.25, -0.2) is 4.68 Å². The SMILES string of the molecule is COc1ccc(NCc2cn(C(C)(C)C)nn2)cc1. The standard InChI is InChI=1S/C14H20N4O/c1-14(2,3)18-10-12(16-17-18)9-15-11-5-7-13(19-4)8-6-11/h5-8,10,15H,9H2,1-4H3. The smallest absolute Gasteiger partial charge is 0.119 e. The van der Waals surface area contributed by atoms with Crippen LogP contribution in [-0.4, -0.2) is 22.1 Å². The molecule has 0 atom stereocenters. The van der Waals surface area contributed by atoms with Gasteiger partial charge in [0.1, 0.15) is 11.4 Å². The maximum absolute atomic E-state index is 5.12. The first-order valence-electron chi connectivity index (χ1n) is 6.28. The largest absolute Gasteiger partial charge is 0.497 e. The fourth-order valence-corrected chi connectivity index (χ4v) is 1.61. The molecule has 0 unspecified atom stereocenters. The molecular formula is C14H20N4O. The van der Waals surface area contributed by atoms with E-state index in [0.29, 0.717) is 6.54 Å². The molecule has 0 aliphatic heterocycles. The number of nitrogens with zero attached hydrogens (tertiary/aromatic N) is 3. The minimum absolute atomic E-state index is 0.0363. The molecule has 102 valence electrons. The van der Waals surface area contributed by atoms with Gasteiger partial charge in [-0.05, 0) is 45.0 Å². The van der Waals surface area contributed by atoms with Crippen molar-refractivity contribution in [2.75, 3.05) is 12.4 Å². The predicted molar refractivity (Wildman–Crippen MR) is 75.3 cm³/mol. The summed E-state index contributed by atoms with van der Waals surface area (Å²) in [6.07, 6.45) is 1.97. The fraction of sp³-hybridized carbons (Fsp3) is 0.429. The van der Waals surface area contributed by atoms with E-state index in [1.165, 1.54) is 0 Å². The number of hydrogen-bond donors (Lipinski definition) is 1. The third kappa shape index (κ3) is 3.47. The summed E-state index contributed by atoms with van der Waals surface area (Å²) in [4.78, 5) is 0. The minimum atomic E-state index is -0.0363. The lowest BCUT2D eigenvalue weighted by atomic mass is 10.1. The minimum Gasteiger partial charge on any atom is -0.497 e. The molecule has 0 aliphatic rings. The summed E-state index contributed by atoms with van der Waals surface area (Å²) in [5.41, 5.74) is 1.92. The van der Waals surface area contributed by atoms with Crippen LogP contribution in [0.5, 0.6) is 5.75 Å². The van der Waals surface area contributed by atoms with Crippen LogP contribution in [0, 0.1) is 0 Å². The van der Waals surface area contributed by atoms with Gasteiger partial charge in [0.2, 0.25) is 0 Å². The van der Waals surface area contributed by atoms with Crippen molar-refractivity contribution in [3.63, 3.8) is 0 Å². The Morgan fingerprint density at radius 1 is 1.21 bits per heavy atom. The molecule has 0 saturated carbocycles. The van der Waals surface area contributed by atoms with E-state index >= 15 is 0 Å². The molecule has 1 aromatic heterocycles. The van der Waals surface area contributed by atoms with Crippen molar-refractivity contribution in [2.24, 2.45) is 0 Å². The van der Waals surface area contributed by atoms with Crippen LogP contribution in [0.25, 0.3) is 0 Å². The van der Waals surface area contributed by atoms with Gasteiger partial charge in [-0.15, -0.1) is 5.10 Å². The summed E-state index contributed by atoms with van der Waals surface area (Å²) >= 11 is 0. The van der Waals surface area contributed by atoms with Crippen LogP contribution in [0.1, 0.15) is 26.5 Å². The van der Waals surface area contributed by atoms with Crippen LogP contribution < -0.4 is 10.1 Å². The molecule has 0 bridgehead atoms. The fourth-order valence-electron chi connectivity index (χ4n) is 1.61. The van der Waals surface area contributed by atoms with E-state index in [-0.39, 0.29) is 5.54 Å². The van der Waals surface area contributed by atoms with E-state index < -0.39 is 0 Å². The third-order valence-corrected chi connectivity index (χ3v) is 2.79. The predicted octanol–water partition coefficient (Wildman–Crippen LogP) is 2.65. The van der Waals surface area contributed by atoms with E-state index in [9.17, 15) is 0 Å². The summed E-state index contributed by atoms with van der Waals surface area (Å²) < 4.78 is 6.99. The lowest BCUT2D eigenvalue weighted by Crippen LogP contribution is -2.22. The highest BCUT2D eigenvalue weighted by molar-refractivity contribution is 5.46. The monoisotopic (exact) mass is 260 g/mol. The lowest BCUT2D eigenvalue weighted by molar-refractivity contribution is 0.347. The van der Waals surface area contributed by atoms with Crippen LogP contribution in [-0.2, 0) is 12.1 Å². The molecule has 5 heteroatoms. The quantitative estimate of drug-likeness (QED) is 0.918. The number of benzene rings is 1. The van der Waals surface area contributed by atoms with Gasteiger partial charge >= 0.3 is 0 Å². The van der Waals surface area contributed by atoms with Crippen molar-refractivity contribution in [3.05, 3.63) is 36.2 Å². The van der Waals surface area contributed by atoms with Gasteiger partial charge in [0.25, 0.3) is 0 Å². The Hall–Kier alpha value is -2.04. The number of anilines is 1. The molecule has 2 aromatic rings. The van der Waals surface area contributed by atoms with Crippen molar-refractivity contribution >= 4 is 5.69 Å². The Morgan fingerprint density at radius 2 is 1.89 bits per heavy atom. The maximum atomic E-state index is 5.12. The molecule has 0 amide bonds. The highest BCUT2D eigenvalue weighted by Gasteiger charge is 2.14. The van der Waals surface area contributed by atoms with E-state index in [1.54, 1.807) is 7.11 Å². The number of ether oxygens (including phenoxy) is 1. The van der Waals surface area contributed by atoms with Gasteiger partial charge in [-0.2, -0.15) is 0 Å². The molecule has 1 aromatic carbocycles. The zero-order chi connectivity index (χ0) is 13.9. The second-order valence-electron chi connectivity index (χ2n) is 5.41. The summed E-state index contributed by atoms with van der Waals surface area (Å²) in [5, 5.41) is 11.6. The molecule has 1 N–H and O–H groups in total. The van der Waals surface area contributed by atoms with E-state index in [0.717, 1.165) is 17.1 Å². The molecule has 0 saturated heterocycles. The molecule has 0 fully saturated rings.